The van der Waals surface area contributed by atoms with Crippen LogP contribution in [0, 0.1) is 6.92 Å². The lowest BCUT2D eigenvalue weighted by Crippen LogP contribution is -1.93. The van der Waals surface area contributed by atoms with Gasteiger partial charge in [-0.1, -0.05) is 0 Å². The maximum Gasteiger partial charge on any atom is 0.140 e. The molecule has 0 aromatic carbocycles. The Kier molecular flexibility index (Phi) is 3.38. The molecule has 0 unspecified atom stereocenters. The number of fused-ring (bicyclic) bond motifs is 1. The summed E-state index contributed by atoms with van der Waals surface area (Å²) in [6.45, 7) is 5.11. The molecule has 0 aliphatic heterocycles. The fourth-order valence-corrected chi connectivity index (χ4v) is 3.04. The normalized spacial score (nSPS) is 11.4. The predicted molar refractivity (Wildman–Crippen MR) is 83.9 cm³/mol. The lowest BCUT2D eigenvalue weighted by atomic mass is 10.1. The molecule has 0 bridgehead atoms. The van der Waals surface area contributed by atoms with Crippen molar-refractivity contribution in [2.75, 3.05) is 0 Å². The van der Waals surface area contributed by atoms with Crippen LogP contribution in [-0.4, -0.2) is 19.3 Å². The molecule has 0 amide bonds. The van der Waals surface area contributed by atoms with Gasteiger partial charge in [0.15, 0.2) is 0 Å². The highest BCUT2D eigenvalue weighted by molar-refractivity contribution is 9.10. The summed E-state index contributed by atoms with van der Waals surface area (Å²) in [6.07, 6.45) is 5.13. The molecule has 20 heavy (non-hydrogen) atoms. The van der Waals surface area contributed by atoms with Gasteiger partial charge in [0, 0.05) is 49.1 Å². The van der Waals surface area contributed by atoms with Gasteiger partial charge in [0.05, 0.1) is 0 Å². The van der Waals surface area contributed by atoms with E-state index in [-0.39, 0.29) is 0 Å². The van der Waals surface area contributed by atoms with E-state index < -0.39 is 0 Å². The van der Waals surface area contributed by atoms with Crippen molar-refractivity contribution in [1.82, 2.24) is 19.3 Å². The summed E-state index contributed by atoms with van der Waals surface area (Å²) in [7, 11) is 1.94. The Morgan fingerprint density at radius 2 is 2.00 bits per heavy atom. The molecule has 0 aliphatic carbocycles. The summed E-state index contributed by atoms with van der Waals surface area (Å²) in [4.78, 5) is 4.67. The van der Waals surface area contributed by atoms with Crippen LogP contribution in [-0.2, 0) is 20.0 Å². The monoisotopic (exact) mass is 332 g/mol. The quantitative estimate of drug-likeness (QED) is 0.736. The average Bonchev–Trinajstić information content (AvgIpc) is 2.90. The number of hydrogen-bond donors (Lipinski definition) is 0. The zero-order chi connectivity index (χ0) is 14.3. The van der Waals surface area contributed by atoms with Crippen LogP contribution in [0.3, 0.4) is 0 Å². The number of halogens is 1. The van der Waals surface area contributed by atoms with Gasteiger partial charge in [-0.25, -0.2) is 4.98 Å². The lowest BCUT2D eigenvalue weighted by molar-refractivity contribution is 0.760. The molecule has 3 aromatic heterocycles. The minimum Gasteiger partial charge on any atom is -0.332 e. The second-order valence-electron chi connectivity index (χ2n) is 5.06. The minimum absolute atomic E-state index is 0.864. The Bertz CT molecular complexity index is 770. The Balaban J connectivity index is 2.10. The molecule has 3 heterocycles. The van der Waals surface area contributed by atoms with Crippen LogP contribution in [0.15, 0.2) is 29.1 Å². The van der Waals surface area contributed by atoms with Crippen molar-refractivity contribution in [1.29, 1.82) is 0 Å². The maximum absolute atomic E-state index is 4.67. The Morgan fingerprint density at radius 1 is 1.20 bits per heavy atom. The molecule has 0 radical (unpaired) electrons. The van der Waals surface area contributed by atoms with Gasteiger partial charge >= 0.3 is 0 Å². The molecule has 0 saturated heterocycles. The van der Waals surface area contributed by atoms with Crippen molar-refractivity contribution in [3.63, 3.8) is 0 Å². The summed E-state index contributed by atoms with van der Waals surface area (Å²) in [6, 6.07) is 4.24. The molecule has 0 saturated carbocycles. The number of aryl methyl sites for hydroxylation is 3. The maximum atomic E-state index is 4.67. The second-order valence-corrected chi connectivity index (χ2v) is 5.81. The van der Waals surface area contributed by atoms with Crippen LogP contribution in [0.1, 0.15) is 23.7 Å². The second kappa shape index (κ2) is 5.05. The molecular weight excluding hydrogens is 316 g/mol. The van der Waals surface area contributed by atoms with E-state index in [0.717, 1.165) is 28.9 Å². The number of hydrogen-bond acceptors (Lipinski definition) is 2. The van der Waals surface area contributed by atoms with Crippen molar-refractivity contribution in [3.05, 3.63) is 46.0 Å². The van der Waals surface area contributed by atoms with E-state index in [0.29, 0.717) is 0 Å². The van der Waals surface area contributed by atoms with Gasteiger partial charge in [-0.05, 0) is 47.5 Å². The van der Waals surface area contributed by atoms with Crippen molar-refractivity contribution < 1.29 is 0 Å². The summed E-state index contributed by atoms with van der Waals surface area (Å²) in [5.41, 5.74) is 4.62. The van der Waals surface area contributed by atoms with E-state index in [2.05, 4.69) is 62.0 Å². The minimum atomic E-state index is 0.864. The molecule has 0 N–H and O–H groups in total. The third kappa shape index (κ3) is 2.26. The van der Waals surface area contributed by atoms with Crippen molar-refractivity contribution in [3.8, 4) is 0 Å². The first-order valence-corrected chi connectivity index (χ1v) is 7.51. The molecule has 104 valence electrons. The zero-order valence-corrected chi connectivity index (χ0v) is 13.5. The van der Waals surface area contributed by atoms with Crippen LogP contribution in [0.25, 0.3) is 11.0 Å². The van der Waals surface area contributed by atoms with Gasteiger partial charge in [0.25, 0.3) is 0 Å². The molecule has 3 rings (SSSR count). The third-order valence-corrected chi connectivity index (χ3v) is 4.19. The molecular formula is C15H17BrN4. The van der Waals surface area contributed by atoms with Crippen LogP contribution >= 0.6 is 15.9 Å². The average molecular weight is 333 g/mol. The molecule has 4 nitrogen and oxygen atoms in total. The van der Waals surface area contributed by atoms with Crippen molar-refractivity contribution in [2.45, 2.75) is 26.8 Å². The van der Waals surface area contributed by atoms with Gasteiger partial charge in [-0.15, -0.1) is 0 Å². The van der Waals surface area contributed by atoms with Gasteiger partial charge in [-0.3, -0.25) is 4.68 Å². The van der Waals surface area contributed by atoms with E-state index >= 15 is 0 Å². The van der Waals surface area contributed by atoms with E-state index in [9.17, 15) is 0 Å². The molecule has 0 atom stereocenters. The predicted octanol–water partition coefficient (Wildman–Crippen LogP) is 3.45. The van der Waals surface area contributed by atoms with Crippen LogP contribution < -0.4 is 0 Å². The molecule has 3 aromatic rings. The van der Waals surface area contributed by atoms with Crippen molar-refractivity contribution >= 4 is 27.0 Å². The largest absolute Gasteiger partial charge is 0.332 e. The van der Waals surface area contributed by atoms with E-state index in [1.54, 1.807) is 0 Å². The first kappa shape index (κ1) is 13.4. The number of nitrogens with zero attached hydrogens (tertiary/aromatic N) is 4. The Hall–Kier alpha value is -1.62. The highest BCUT2D eigenvalue weighted by atomic mass is 79.9. The van der Waals surface area contributed by atoms with E-state index in [1.165, 1.54) is 16.5 Å². The fraction of sp³-hybridized carbons (Fsp3) is 0.333. The van der Waals surface area contributed by atoms with Crippen molar-refractivity contribution in [2.24, 2.45) is 7.05 Å². The number of pyridine rings is 1. The molecule has 5 heteroatoms. The lowest BCUT2D eigenvalue weighted by Gasteiger charge is -1.99. The summed E-state index contributed by atoms with van der Waals surface area (Å²) in [5.74, 6) is 0. The number of rotatable bonds is 3. The zero-order valence-electron chi connectivity index (χ0n) is 11.9. The van der Waals surface area contributed by atoms with Gasteiger partial charge < -0.3 is 4.57 Å². The molecule has 0 spiro atoms. The SMILES string of the molecule is CCn1cc(Cc2cn(C)nc2Br)c2ccc(C)nc21. The number of aromatic nitrogens is 4. The smallest absolute Gasteiger partial charge is 0.140 e. The van der Waals surface area contributed by atoms with Gasteiger partial charge in [0.1, 0.15) is 10.3 Å². The van der Waals surface area contributed by atoms with E-state index in [1.807, 2.05) is 18.7 Å². The van der Waals surface area contributed by atoms with Gasteiger partial charge in [-0.2, -0.15) is 5.10 Å². The fourth-order valence-electron chi connectivity index (χ4n) is 2.55. The Labute approximate surface area is 126 Å². The highest BCUT2D eigenvalue weighted by Gasteiger charge is 2.12. The first-order chi connectivity index (χ1) is 9.58. The summed E-state index contributed by atoms with van der Waals surface area (Å²) < 4.78 is 4.96. The third-order valence-electron chi connectivity index (χ3n) is 3.52. The van der Waals surface area contributed by atoms with Crippen LogP contribution in [0.4, 0.5) is 0 Å². The highest BCUT2D eigenvalue weighted by Crippen LogP contribution is 2.25. The molecule has 0 aliphatic rings. The topological polar surface area (TPSA) is 35.6 Å². The van der Waals surface area contributed by atoms with Crippen LogP contribution in [0.5, 0.6) is 0 Å². The summed E-state index contributed by atoms with van der Waals surface area (Å²) >= 11 is 3.52. The summed E-state index contributed by atoms with van der Waals surface area (Å²) in [5, 5.41) is 5.57. The van der Waals surface area contributed by atoms with E-state index in [4.69, 9.17) is 0 Å². The molecule has 0 fully saturated rings. The Morgan fingerprint density at radius 3 is 2.65 bits per heavy atom. The van der Waals surface area contributed by atoms with Crippen LogP contribution in [0.2, 0.25) is 0 Å². The standard InChI is InChI=1S/C15H17BrN4/c1-4-20-9-11(7-12-8-19(3)18-14(12)16)13-6-5-10(2)17-15(13)20/h5-6,8-9H,4,7H2,1-3H3. The first-order valence-electron chi connectivity index (χ1n) is 6.72. The van der Waals surface area contributed by atoms with Gasteiger partial charge in [0.2, 0.25) is 0 Å².